The summed E-state index contributed by atoms with van der Waals surface area (Å²) in [6.45, 7) is 2.43. The Hall–Kier alpha value is -3.12. The summed E-state index contributed by atoms with van der Waals surface area (Å²) in [5, 5.41) is 6.72. The van der Waals surface area contributed by atoms with E-state index in [4.69, 9.17) is 4.74 Å². The Morgan fingerprint density at radius 1 is 1.04 bits per heavy atom. The Morgan fingerprint density at radius 3 is 2.46 bits per heavy atom. The van der Waals surface area contributed by atoms with E-state index in [1.807, 2.05) is 79.7 Å². The molecule has 6 heteroatoms. The molecule has 5 nitrogen and oxygen atoms in total. The third-order valence-electron chi connectivity index (χ3n) is 3.97. The molecule has 0 fully saturated rings. The first-order valence-corrected chi connectivity index (χ1v) is 9.52. The summed E-state index contributed by atoms with van der Waals surface area (Å²) in [5.41, 5.74) is 6.14. The molecule has 0 heterocycles. The van der Waals surface area contributed by atoms with Gasteiger partial charge in [-0.05, 0) is 66.1 Å². The van der Waals surface area contributed by atoms with Crippen molar-refractivity contribution < 1.29 is 9.53 Å². The first-order chi connectivity index (χ1) is 13.6. The lowest BCUT2D eigenvalue weighted by Gasteiger charge is -2.07. The number of carbonyl (C=O) groups is 1. The maximum Gasteiger partial charge on any atom is 0.339 e. The second-order valence-corrected chi connectivity index (χ2v) is 7.04. The number of ether oxygens (including phenoxy) is 1. The van der Waals surface area contributed by atoms with Crippen LogP contribution in [0.3, 0.4) is 0 Å². The molecule has 2 amide bonds. The first-order valence-electron chi connectivity index (χ1n) is 8.73. The van der Waals surface area contributed by atoms with Gasteiger partial charge in [-0.3, -0.25) is 0 Å². The number of hydrogen-bond donors (Lipinski definition) is 2. The molecule has 0 saturated carbocycles. The van der Waals surface area contributed by atoms with E-state index in [2.05, 4.69) is 31.8 Å². The molecular weight excluding hydrogens is 418 g/mol. The van der Waals surface area contributed by atoms with Gasteiger partial charge in [-0.2, -0.15) is 5.10 Å². The molecule has 0 unspecified atom stereocenters. The minimum Gasteiger partial charge on any atom is -0.489 e. The number of hydrazone groups is 1. The van der Waals surface area contributed by atoms with Gasteiger partial charge >= 0.3 is 6.03 Å². The van der Waals surface area contributed by atoms with Gasteiger partial charge in [0.15, 0.2) is 0 Å². The van der Waals surface area contributed by atoms with Crippen LogP contribution in [0.15, 0.2) is 82.4 Å². The maximum absolute atomic E-state index is 11.9. The fraction of sp³-hybridized carbons (Fsp3) is 0.0909. The van der Waals surface area contributed by atoms with Crippen molar-refractivity contribution in [2.24, 2.45) is 5.10 Å². The number of benzene rings is 3. The summed E-state index contributed by atoms with van der Waals surface area (Å²) >= 11 is 3.42. The first kappa shape index (κ1) is 19.6. The molecule has 3 aromatic rings. The van der Waals surface area contributed by atoms with Gasteiger partial charge in [0.2, 0.25) is 0 Å². The molecule has 0 aromatic heterocycles. The molecule has 0 aliphatic rings. The molecular formula is C22H20BrN3O2. The van der Waals surface area contributed by atoms with E-state index in [0.717, 1.165) is 32.6 Å². The van der Waals surface area contributed by atoms with Gasteiger partial charge in [0.25, 0.3) is 0 Å². The van der Waals surface area contributed by atoms with Gasteiger partial charge in [0.05, 0.1) is 6.21 Å². The smallest absolute Gasteiger partial charge is 0.339 e. The van der Waals surface area contributed by atoms with Gasteiger partial charge in [-0.15, -0.1) is 0 Å². The van der Waals surface area contributed by atoms with Gasteiger partial charge < -0.3 is 10.1 Å². The van der Waals surface area contributed by atoms with E-state index in [1.165, 1.54) is 0 Å². The molecule has 0 radical (unpaired) electrons. The lowest BCUT2D eigenvalue weighted by Crippen LogP contribution is -2.24. The van der Waals surface area contributed by atoms with E-state index in [0.29, 0.717) is 6.61 Å². The number of amides is 2. The highest BCUT2D eigenvalue weighted by Crippen LogP contribution is 2.16. The number of para-hydroxylation sites is 1. The summed E-state index contributed by atoms with van der Waals surface area (Å²) < 4.78 is 6.81. The Balaban J connectivity index is 1.47. The second kappa shape index (κ2) is 9.71. The zero-order chi connectivity index (χ0) is 19.8. The van der Waals surface area contributed by atoms with Crippen molar-refractivity contribution >= 4 is 33.9 Å². The Labute approximate surface area is 172 Å². The number of hydrogen-bond acceptors (Lipinski definition) is 3. The molecule has 0 saturated heterocycles. The van der Waals surface area contributed by atoms with Crippen LogP contribution >= 0.6 is 15.9 Å². The summed E-state index contributed by atoms with van der Waals surface area (Å²) in [6.07, 6.45) is 1.58. The van der Waals surface area contributed by atoms with Crippen molar-refractivity contribution in [3.05, 3.63) is 94.0 Å². The summed E-state index contributed by atoms with van der Waals surface area (Å²) in [6, 6.07) is 22.7. The maximum atomic E-state index is 11.9. The SMILES string of the molecule is Cc1ccccc1NC(=O)NN=Cc1ccc(OCc2ccc(Br)cc2)cc1. The molecule has 0 aliphatic carbocycles. The molecule has 0 aliphatic heterocycles. The molecule has 2 N–H and O–H groups in total. The number of nitrogens with zero attached hydrogens (tertiary/aromatic N) is 1. The van der Waals surface area contributed by atoms with Gasteiger partial charge in [-0.1, -0.05) is 46.3 Å². The van der Waals surface area contributed by atoms with Gasteiger partial charge in [0, 0.05) is 10.2 Å². The lowest BCUT2D eigenvalue weighted by atomic mass is 10.2. The summed E-state index contributed by atoms with van der Waals surface area (Å²) in [7, 11) is 0. The highest BCUT2D eigenvalue weighted by atomic mass is 79.9. The monoisotopic (exact) mass is 437 g/mol. The Morgan fingerprint density at radius 2 is 1.75 bits per heavy atom. The molecule has 28 heavy (non-hydrogen) atoms. The van der Waals surface area contributed by atoms with E-state index in [9.17, 15) is 4.79 Å². The van der Waals surface area contributed by atoms with Crippen molar-refractivity contribution in [2.75, 3.05) is 5.32 Å². The minimum atomic E-state index is -0.389. The molecule has 0 atom stereocenters. The molecule has 0 spiro atoms. The van der Waals surface area contributed by atoms with Crippen LogP contribution in [0.4, 0.5) is 10.5 Å². The summed E-state index contributed by atoms with van der Waals surface area (Å²) in [5.74, 6) is 0.769. The molecule has 0 bridgehead atoms. The number of carbonyl (C=O) groups excluding carboxylic acids is 1. The quantitative estimate of drug-likeness (QED) is 0.395. The number of anilines is 1. The Bertz CT molecular complexity index is 954. The predicted octanol–water partition coefficient (Wildman–Crippen LogP) is 5.49. The summed E-state index contributed by atoms with van der Waals surface area (Å²) in [4.78, 5) is 11.9. The van der Waals surface area contributed by atoms with Crippen LogP contribution < -0.4 is 15.5 Å². The number of urea groups is 1. The average molecular weight is 438 g/mol. The van der Waals surface area contributed by atoms with Crippen LogP contribution in [0, 0.1) is 6.92 Å². The molecule has 3 aromatic carbocycles. The van der Waals surface area contributed by atoms with Crippen LogP contribution in [-0.2, 0) is 6.61 Å². The normalized spacial score (nSPS) is 10.6. The lowest BCUT2D eigenvalue weighted by molar-refractivity contribution is 0.252. The highest BCUT2D eigenvalue weighted by molar-refractivity contribution is 9.10. The Kier molecular flexibility index (Phi) is 6.81. The third-order valence-corrected chi connectivity index (χ3v) is 4.50. The van der Waals surface area contributed by atoms with Crippen molar-refractivity contribution in [1.29, 1.82) is 0 Å². The topological polar surface area (TPSA) is 62.7 Å². The van der Waals surface area contributed by atoms with Gasteiger partial charge in [-0.25, -0.2) is 10.2 Å². The van der Waals surface area contributed by atoms with Crippen LogP contribution in [0.5, 0.6) is 5.75 Å². The van der Waals surface area contributed by atoms with E-state index in [1.54, 1.807) is 6.21 Å². The number of halogens is 1. The zero-order valence-corrected chi connectivity index (χ0v) is 16.9. The van der Waals surface area contributed by atoms with Crippen molar-refractivity contribution in [2.45, 2.75) is 13.5 Å². The van der Waals surface area contributed by atoms with E-state index >= 15 is 0 Å². The predicted molar refractivity (Wildman–Crippen MR) is 116 cm³/mol. The van der Waals surface area contributed by atoms with Crippen LogP contribution in [0.25, 0.3) is 0 Å². The van der Waals surface area contributed by atoms with Crippen LogP contribution in [-0.4, -0.2) is 12.2 Å². The fourth-order valence-electron chi connectivity index (χ4n) is 2.43. The highest BCUT2D eigenvalue weighted by Gasteiger charge is 2.02. The molecule has 3 rings (SSSR count). The fourth-order valence-corrected chi connectivity index (χ4v) is 2.69. The van der Waals surface area contributed by atoms with E-state index in [-0.39, 0.29) is 6.03 Å². The van der Waals surface area contributed by atoms with Crippen molar-refractivity contribution in [3.8, 4) is 5.75 Å². The largest absolute Gasteiger partial charge is 0.489 e. The van der Waals surface area contributed by atoms with Crippen LogP contribution in [0.2, 0.25) is 0 Å². The number of aryl methyl sites for hydroxylation is 1. The standard InChI is InChI=1S/C22H20BrN3O2/c1-16-4-2-3-5-21(16)25-22(27)26-24-14-17-8-12-20(13-9-17)28-15-18-6-10-19(23)11-7-18/h2-14H,15H2,1H3,(H2,25,26,27). The second-order valence-electron chi connectivity index (χ2n) is 6.12. The van der Waals surface area contributed by atoms with Crippen molar-refractivity contribution in [1.82, 2.24) is 5.43 Å². The van der Waals surface area contributed by atoms with E-state index < -0.39 is 0 Å². The number of rotatable bonds is 6. The number of nitrogens with one attached hydrogen (secondary N) is 2. The minimum absolute atomic E-state index is 0.389. The van der Waals surface area contributed by atoms with Crippen molar-refractivity contribution in [3.63, 3.8) is 0 Å². The van der Waals surface area contributed by atoms with Gasteiger partial charge in [0.1, 0.15) is 12.4 Å². The average Bonchev–Trinajstić information content (AvgIpc) is 2.70. The van der Waals surface area contributed by atoms with Crippen LogP contribution in [0.1, 0.15) is 16.7 Å². The zero-order valence-electron chi connectivity index (χ0n) is 15.4. The third kappa shape index (κ3) is 5.96. The molecule has 142 valence electrons.